The van der Waals surface area contributed by atoms with Crippen molar-refractivity contribution in [3.63, 3.8) is 0 Å². The van der Waals surface area contributed by atoms with Gasteiger partial charge in [0.25, 0.3) is 0 Å². The van der Waals surface area contributed by atoms with Crippen LogP contribution in [0, 0.1) is 0 Å². The van der Waals surface area contributed by atoms with Gasteiger partial charge < -0.3 is 9.84 Å². The van der Waals surface area contributed by atoms with Crippen molar-refractivity contribution in [2.45, 2.75) is 65.2 Å². The number of benzene rings is 1. The van der Waals surface area contributed by atoms with Crippen molar-refractivity contribution >= 4 is 12.0 Å². The van der Waals surface area contributed by atoms with Crippen LogP contribution in [-0.4, -0.2) is 17.7 Å². The number of hydrogen-bond acceptors (Lipinski definition) is 2. The van der Waals surface area contributed by atoms with Gasteiger partial charge in [0, 0.05) is 0 Å². The number of carboxylic acids is 1. The van der Waals surface area contributed by atoms with Gasteiger partial charge in [-0.05, 0) is 31.4 Å². The van der Waals surface area contributed by atoms with Crippen LogP contribution in [0.5, 0.6) is 5.75 Å². The summed E-state index contributed by atoms with van der Waals surface area (Å²) in [6, 6.07) is 5.28. The molecule has 1 N–H and O–H groups in total. The van der Waals surface area contributed by atoms with Crippen molar-refractivity contribution in [1.29, 1.82) is 0 Å². The van der Waals surface area contributed by atoms with Crippen molar-refractivity contribution in [2.24, 2.45) is 0 Å². The molecule has 0 fully saturated rings. The number of rotatable bonds is 14. The summed E-state index contributed by atoms with van der Waals surface area (Å²) < 4.78 is 5.41. The monoisotopic (exact) mass is 370 g/mol. The minimum Gasteiger partial charge on any atom is -0.493 e. The molecule has 0 heterocycles. The third-order valence-corrected chi connectivity index (χ3v) is 4.29. The van der Waals surface area contributed by atoms with Crippen LogP contribution < -0.4 is 4.74 Å². The third kappa shape index (κ3) is 9.83. The molecule has 0 unspecified atom stereocenters. The number of carboxylic acid groups (broad SMARTS) is 1. The molecule has 0 aliphatic rings. The van der Waals surface area contributed by atoms with Gasteiger partial charge >= 0.3 is 5.97 Å². The molecule has 0 radical (unpaired) electrons. The van der Waals surface area contributed by atoms with E-state index >= 15 is 0 Å². The molecule has 0 amide bonds. The quantitative estimate of drug-likeness (QED) is 0.282. The predicted octanol–water partition coefficient (Wildman–Crippen LogP) is 7.05. The number of ether oxygens (including phenoxy) is 1. The summed E-state index contributed by atoms with van der Waals surface area (Å²) in [5.41, 5.74) is 0.851. The Bertz CT molecular complexity index is 627. The molecular weight excluding hydrogens is 336 g/mol. The molecule has 0 aliphatic heterocycles. The second-order valence-electron chi connectivity index (χ2n) is 6.54. The summed E-state index contributed by atoms with van der Waals surface area (Å²) in [7, 11) is 0. The Kier molecular flexibility index (Phi) is 12.5. The lowest BCUT2D eigenvalue weighted by Crippen LogP contribution is -2.05. The fraction of sp³-hybridized carbons (Fsp3) is 0.458. The van der Waals surface area contributed by atoms with Crippen LogP contribution in [0.3, 0.4) is 0 Å². The van der Waals surface area contributed by atoms with Gasteiger partial charge in [0.2, 0.25) is 0 Å². The molecule has 3 heteroatoms. The topological polar surface area (TPSA) is 46.5 Å². The molecule has 0 aliphatic carbocycles. The van der Waals surface area contributed by atoms with E-state index in [1.807, 2.05) is 31.2 Å². The molecule has 0 atom stereocenters. The number of carbonyl (C=O) groups is 1. The molecule has 148 valence electrons. The van der Waals surface area contributed by atoms with Crippen LogP contribution in [0.1, 0.15) is 81.1 Å². The average molecular weight is 371 g/mol. The zero-order chi connectivity index (χ0) is 19.7. The van der Waals surface area contributed by atoms with E-state index in [2.05, 4.69) is 19.1 Å². The first kappa shape index (κ1) is 22.8. The first-order chi connectivity index (χ1) is 13.2. The maximum Gasteiger partial charge on any atom is 0.340 e. The fourth-order valence-electron chi connectivity index (χ4n) is 2.87. The van der Waals surface area contributed by atoms with Gasteiger partial charge in [0.15, 0.2) is 0 Å². The first-order valence-corrected chi connectivity index (χ1v) is 10.2. The largest absolute Gasteiger partial charge is 0.493 e. The lowest BCUT2D eigenvalue weighted by atomic mass is 10.1. The summed E-state index contributed by atoms with van der Waals surface area (Å²) in [5, 5.41) is 9.43. The molecular formula is C24H34O3. The second kappa shape index (κ2) is 14.8. The van der Waals surface area contributed by atoms with Gasteiger partial charge in [-0.3, -0.25) is 0 Å². The van der Waals surface area contributed by atoms with Crippen LogP contribution in [0.2, 0.25) is 0 Å². The number of unbranched alkanes of at least 4 members (excludes halogenated alkanes) is 7. The van der Waals surface area contributed by atoms with Crippen LogP contribution in [0.25, 0.3) is 6.08 Å². The van der Waals surface area contributed by atoms with E-state index < -0.39 is 5.97 Å². The SMILES string of the molecule is CCCCCCCCCC=CC=CC=Cc1cccc(OCC)c1C(=O)O. The summed E-state index contributed by atoms with van der Waals surface area (Å²) in [5.74, 6) is -0.567. The van der Waals surface area contributed by atoms with Crippen LogP contribution >= 0.6 is 0 Å². The summed E-state index contributed by atoms with van der Waals surface area (Å²) in [6.07, 6.45) is 22.2. The van der Waals surface area contributed by atoms with Crippen molar-refractivity contribution < 1.29 is 14.6 Å². The summed E-state index contributed by atoms with van der Waals surface area (Å²) in [6.45, 7) is 4.53. The van der Waals surface area contributed by atoms with Crippen LogP contribution in [0.4, 0.5) is 0 Å². The molecule has 0 aromatic heterocycles. The van der Waals surface area contributed by atoms with Crippen molar-refractivity contribution in [1.82, 2.24) is 0 Å². The Labute approximate surface area is 164 Å². The Morgan fingerprint density at radius 2 is 1.67 bits per heavy atom. The van der Waals surface area contributed by atoms with Crippen molar-refractivity contribution in [3.05, 3.63) is 59.7 Å². The van der Waals surface area contributed by atoms with E-state index in [1.165, 1.54) is 44.9 Å². The van der Waals surface area contributed by atoms with E-state index in [0.29, 0.717) is 17.9 Å². The van der Waals surface area contributed by atoms with Gasteiger partial charge in [0.1, 0.15) is 11.3 Å². The maximum atomic E-state index is 11.5. The first-order valence-electron chi connectivity index (χ1n) is 10.2. The van der Waals surface area contributed by atoms with Gasteiger partial charge in [0.05, 0.1) is 6.61 Å². The normalized spacial score (nSPS) is 11.8. The fourth-order valence-corrected chi connectivity index (χ4v) is 2.87. The Morgan fingerprint density at radius 1 is 0.963 bits per heavy atom. The molecule has 0 bridgehead atoms. The molecule has 0 saturated carbocycles. The van der Waals surface area contributed by atoms with Crippen molar-refractivity contribution in [2.75, 3.05) is 6.61 Å². The predicted molar refractivity (Wildman–Crippen MR) is 114 cm³/mol. The molecule has 0 spiro atoms. The van der Waals surface area contributed by atoms with E-state index in [0.717, 1.165) is 6.42 Å². The molecule has 1 aromatic carbocycles. The zero-order valence-electron chi connectivity index (χ0n) is 16.8. The summed E-state index contributed by atoms with van der Waals surface area (Å²) in [4.78, 5) is 11.5. The average Bonchev–Trinajstić information content (AvgIpc) is 2.65. The minimum atomic E-state index is -0.975. The highest BCUT2D eigenvalue weighted by Crippen LogP contribution is 2.23. The molecule has 3 nitrogen and oxygen atoms in total. The van der Waals surface area contributed by atoms with Crippen LogP contribution in [0.15, 0.2) is 48.6 Å². The maximum absolute atomic E-state index is 11.5. The highest BCUT2D eigenvalue weighted by Gasteiger charge is 2.14. The molecule has 27 heavy (non-hydrogen) atoms. The number of hydrogen-bond donors (Lipinski definition) is 1. The second-order valence-corrected chi connectivity index (χ2v) is 6.54. The van der Waals surface area contributed by atoms with Crippen LogP contribution in [-0.2, 0) is 0 Å². The van der Waals surface area contributed by atoms with E-state index in [4.69, 9.17) is 4.74 Å². The van der Waals surface area contributed by atoms with E-state index in [-0.39, 0.29) is 5.56 Å². The van der Waals surface area contributed by atoms with Gasteiger partial charge in [-0.15, -0.1) is 0 Å². The van der Waals surface area contributed by atoms with E-state index in [1.54, 1.807) is 18.2 Å². The summed E-state index contributed by atoms with van der Waals surface area (Å²) >= 11 is 0. The minimum absolute atomic E-state index is 0.207. The Morgan fingerprint density at radius 3 is 2.37 bits per heavy atom. The van der Waals surface area contributed by atoms with E-state index in [9.17, 15) is 9.90 Å². The van der Waals surface area contributed by atoms with Gasteiger partial charge in [-0.2, -0.15) is 0 Å². The smallest absolute Gasteiger partial charge is 0.340 e. The Balaban J connectivity index is 2.39. The van der Waals surface area contributed by atoms with Gasteiger partial charge in [-0.25, -0.2) is 4.79 Å². The lowest BCUT2D eigenvalue weighted by Gasteiger charge is -2.09. The zero-order valence-corrected chi connectivity index (χ0v) is 16.8. The molecule has 1 rings (SSSR count). The number of allylic oxidation sites excluding steroid dienone is 5. The lowest BCUT2D eigenvalue weighted by molar-refractivity contribution is 0.0692. The standard InChI is InChI=1S/C24H34O3/c1-3-5-6-7-8-9-10-11-12-13-14-15-16-18-21-19-17-20-22(27-4-2)23(21)24(25)26/h12-20H,3-11H2,1-2H3,(H,25,26). The highest BCUT2D eigenvalue weighted by molar-refractivity contribution is 5.95. The Hall–Kier alpha value is -2.29. The van der Waals surface area contributed by atoms with Crippen molar-refractivity contribution in [3.8, 4) is 5.75 Å². The number of aromatic carboxylic acids is 1. The van der Waals surface area contributed by atoms with Gasteiger partial charge in [-0.1, -0.05) is 94.0 Å². The molecule has 1 aromatic rings. The highest BCUT2D eigenvalue weighted by atomic mass is 16.5. The molecule has 0 saturated heterocycles. The third-order valence-electron chi connectivity index (χ3n) is 4.29.